The molecule has 7 heteroatoms. The van der Waals surface area contributed by atoms with Crippen molar-refractivity contribution in [1.82, 2.24) is 5.32 Å². The number of carboxylic acid groups (broad SMARTS) is 1. The maximum atomic E-state index is 12.3. The summed E-state index contributed by atoms with van der Waals surface area (Å²) >= 11 is 0. The molecule has 1 aromatic heterocycles. The first kappa shape index (κ1) is 23.4. The van der Waals surface area contributed by atoms with E-state index < -0.39 is 12.1 Å². The first-order valence-electron chi connectivity index (χ1n) is 10.6. The van der Waals surface area contributed by atoms with Crippen LogP contribution in [0.4, 0.5) is 0 Å². The Bertz CT molecular complexity index is 933. The summed E-state index contributed by atoms with van der Waals surface area (Å²) in [5, 5.41) is 12.3. The number of ether oxygens (including phenoxy) is 1. The zero-order valence-corrected chi connectivity index (χ0v) is 18.0. The lowest BCUT2D eigenvalue weighted by Crippen LogP contribution is -2.36. The second kappa shape index (κ2) is 11.4. The number of fused-ring (bicyclic) bond motifs is 1. The summed E-state index contributed by atoms with van der Waals surface area (Å²) in [5.41, 5.74) is 1.77. The quantitative estimate of drug-likeness (QED) is 0.400. The maximum absolute atomic E-state index is 12.3. The lowest BCUT2D eigenvalue weighted by atomic mass is 10.0. The van der Waals surface area contributed by atoms with Gasteiger partial charge in [-0.3, -0.25) is 9.59 Å². The summed E-state index contributed by atoms with van der Waals surface area (Å²) in [6.07, 6.45) is 4.32. The number of carboxylic acids is 1. The highest BCUT2D eigenvalue weighted by Crippen LogP contribution is 2.29. The third kappa shape index (κ3) is 6.61. The summed E-state index contributed by atoms with van der Waals surface area (Å²) in [6, 6.07) is 5.23. The van der Waals surface area contributed by atoms with Gasteiger partial charge in [-0.25, -0.2) is 4.79 Å². The Morgan fingerprint density at radius 2 is 1.97 bits per heavy atom. The molecule has 0 spiro atoms. The molecule has 164 valence electrons. The summed E-state index contributed by atoms with van der Waals surface area (Å²) in [7, 11) is 0. The molecule has 7 nitrogen and oxygen atoms in total. The Hall–Kier alpha value is -2.83. The van der Waals surface area contributed by atoms with Gasteiger partial charge >= 0.3 is 11.6 Å². The number of benzene rings is 1. The second-order valence-electron chi connectivity index (χ2n) is 7.52. The van der Waals surface area contributed by atoms with Crippen LogP contribution >= 0.6 is 0 Å². The molecule has 0 aliphatic heterocycles. The van der Waals surface area contributed by atoms with Gasteiger partial charge in [0.15, 0.2) is 6.10 Å². The van der Waals surface area contributed by atoms with Gasteiger partial charge < -0.3 is 19.6 Å². The number of carbonyl (C=O) groups is 2. The average Bonchev–Trinajstić information content (AvgIpc) is 2.70. The van der Waals surface area contributed by atoms with Crippen molar-refractivity contribution >= 4 is 22.8 Å². The summed E-state index contributed by atoms with van der Waals surface area (Å²) < 4.78 is 11.3. The van der Waals surface area contributed by atoms with Gasteiger partial charge in [-0.2, -0.15) is 0 Å². The van der Waals surface area contributed by atoms with E-state index in [-0.39, 0.29) is 18.0 Å². The van der Waals surface area contributed by atoms with Gasteiger partial charge in [0, 0.05) is 30.0 Å². The molecule has 0 fully saturated rings. The molecule has 0 saturated heterocycles. The van der Waals surface area contributed by atoms with Crippen LogP contribution in [0.3, 0.4) is 0 Å². The highest BCUT2D eigenvalue weighted by atomic mass is 16.5. The Kier molecular flexibility index (Phi) is 8.89. The third-order valence-electron chi connectivity index (χ3n) is 5.04. The monoisotopic (exact) mass is 417 g/mol. The van der Waals surface area contributed by atoms with E-state index in [0.29, 0.717) is 36.3 Å². The zero-order valence-electron chi connectivity index (χ0n) is 18.0. The first-order valence-corrected chi connectivity index (χ1v) is 10.6. The summed E-state index contributed by atoms with van der Waals surface area (Å²) in [5.74, 6) is -0.548. The van der Waals surface area contributed by atoms with Crippen LogP contribution in [-0.2, 0) is 16.0 Å². The first-order chi connectivity index (χ1) is 14.3. The number of aryl methyl sites for hydroxylation is 2. The van der Waals surface area contributed by atoms with E-state index in [1.165, 1.54) is 0 Å². The topological polar surface area (TPSA) is 106 Å². The van der Waals surface area contributed by atoms with Crippen LogP contribution in [0.25, 0.3) is 11.0 Å². The standard InChI is InChI=1S/C23H31NO6/c1-4-5-9-17-14-21(27)30-22-15(2)19(12-11-18(17)22)29-16(3)23(28)24-13-8-6-7-10-20(25)26/h11-12,14,16H,4-10,13H2,1-3H3,(H,24,28)(H,25,26). The number of amides is 1. The lowest BCUT2D eigenvalue weighted by molar-refractivity contribution is -0.137. The van der Waals surface area contributed by atoms with Gasteiger partial charge in [0.05, 0.1) is 0 Å². The minimum absolute atomic E-state index is 0.144. The lowest BCUT2D eigenvalue weighted by Gasteiger charge is -2.17. The molecule has 1 atom stereocenters. The maximum Gasteiger partial charge on any atom is 0.336 e. The number of hydrogen-bond acceptors (Lipinski definition) is 5. The largest absolute Gasteiger partial charge is 0.481 e. The molecular formula is C23H31NO6. The van der Waals surface area contributed by atoms with Crippen LogP contribution in [0.5, 0.6) is 5.75 Å². The molecule has 0 saturated carbocycles. The fourth-order valence-electron chi connectivity index (χ4n) is 3.29. The smallest absolute Gasteiger partial charge is 0.336 e. The van der Waals surface area contributed by atoms with Crippen LogP contribution in [0, 0.1) is 6.92 Å². The van der Waals surface area contributed by atoms with Crippen LogP contribution in [0.1, 0.15) is 63.5 Å². The zero-order chi connectivity index (χ0) is 22.1. The fraction of sp³-hybridized carbons (Fsp3) is 0.522. The molecule has 2 rings (SSSR count). The molecule has 1 unspecified atom stereocenters. The number of aliphatic carboxylic acids is 1. The van der Waals surface area contributed by atoms with Crippen molar-refractivity contribution in [3.05, 3.63) is 39.7 Å². The Labute approximate surface area is 176 Å². The van der Waals surface area contributed by atoms with Crippen LogP contribution < -0.4 is 15.7 Å². The van der Waals surface area contributed by atoms with Crippen molar-refractivity contribution in [3.8, 4) is 5.75 Å². The Morgan fingerprint density at radius 3 is 2.67 bits per heavy atom. The molecule has 0 aliphatic rings. The van der Waals surface area contributed by atoms with Crippen LogP contribution in [0.2, 0.25) is 0 Å². The van der Waals surface area contributed by atoms with Gasteiger partial charge in [-0.15, -0.1) is 0 Å². The highest BCUT2D eigenvalue weighted by molar-refractivity contribution is 5.85. The molecule has 30 heavy (non-hydrogen) atoms. The number of nitrogens with one attached hydrogen (secondary N) is 1. The molecule has 0 radical (unpaired) electrons. The Morgan fingerprint density at radius 1 is 1.20 bits per heavy atom. The van der Waals surface area contributed by atoms with Crippen molar-refractivity contribution in [1.29, 1.82) is 0 Å². The van der Waals surface area contributed by atoms with E-state index >= 15 is 0 Å². The highest BCUT2D eigenvalue weighted by Gasteiger charge is 2.18. The minimum atomic E-state index is -0.805. The molecule has 2 N–H and O–H groups in total. The van der Waals surface area contributed by atoms with E-state index in [9.17, 15) is 14.4 Å². The van der Waals surface area contributed by atoms with Crippen LogP contribution in [0.15, 0.2) is 27.4 Å². The number of rotatable bonds is 12. The molecule has 1 aromatic carbocycles. The second-order valence-corrected chi connectivity index (χ2v) is 7.52. The van der Waals surface area contributed by atoms with E-state index in [0.717, 1.165) is 36.6 Å². The van der Waals surface area contributed by atoms with Gasteiger partial charge in [0.2, 0.25) is 0 Å². The molecular weight excluding hydrogens is 386 g/mol. The SMILES string of the molecule is CCCCc1cc(=O)oc2c(C)c(OC(C)C(=O)NCCCCCC(=O)O)ccc12. The molecule has 0 bridgehead atoms. The van der Waals surface area contributed by atoms with E-state index in [2.05, 4.69) is 12.2 Å². The summed E-state index contributed by atoms with van der Waals surface area (Å²) in [6.45, 7) is 6.06. The minimum Gasteiger partial charge on any atom is -0.481 e. The average molecular weight is 418 g/mol. The molecule has 1 amide bonds. The van der Waals surface area contributed by atoms with E-state index in [1.807, 2.05) is 19.1 Å². The van der Waals surface area contributed by atoms with Crippen molar-refractivity contribution in [2.24, 2.45) is 0 Å². The summed E-state index contributed by atoms with van der Waals surface area (Å²) in [4.78, 5) is 34.8. The van der Waals surface area contributed by atoms with Crippen molar-refractivity contribution in [2.45, 2.75) is 71.8 Å². The molecule has 1 heterocycles. The normalized spacial score (nSPS) is 12.0. The fourth-order valence-corrected chi connectivity index (χ4v) is 3.29. The molecule has 0 aliphatic carbocycles. The van der Waals surface area contributed by atoms with Gasteiger partial charge in [0.25, 0.3) is 5.91 Å². The number of carbonyl (C=O) groups excluding carboxylic acids is 1. The van der Waals surface area contributed by atoms with Crippen molar-refractivity contribution < 1.29 is 23.8 Å². The predicted octanol–water partition coefficient (Wildman–Crippen LogP) is 3.97. The van der Waals surface area contributed by atoms with Crippen molar-refractivity contribution in [3.63, 3.8) is 0 Å². The predicted molar refractivity (Wildman–Crippen MR) is 115 cm³/mol. The van der Waals surface area contributed by atoms with Crippen molar-refractivity contribution in [2.75, 3.05) is 6.54 Å². The van der Waals surface area contributed by atoms with Gasteiger partial charge in [0.1, 0.15) is 11.3 Å². The third-order valence-corrected chi connectivity index (χ3v) is 5.04. The van der Waals surface area contributed by atoms with E-state index in [4.69, 9.17) is 14.3 Å². The van der Waals surface area contributed by atoms with Crippen LogP contribution in [-0.4, -0.2) is 29.6 Å². The van der Waals surface area contributed by atoms with Gasteiger partial charge in [-0.1, -0.05) is 19.8 Å². The number of unbranched alkanes of at least 4 members (excludes halogenated alkanes) is 3. The molecule has 2 aromatic rings. The van der Waals surface area contributed by atoms with E-state index in [1.54, 1.807) is 13.0 Å². The van der Waals surface area contributed by atoms with Gasteiger partial charge in [-0.05, 0) is 57.2 Å². The Balaban J connectivity index is 2.01. The number of hydrogen-bond donors (Lipinski definition) is 2.